The molecule has 1 unspecified atom stereocenters. The molecule has 0 aliphatic carbocycles. The maximum Gasteiger partial charge on any atom is 0.229 e. The van der Waals surface area contributed by atoms with Gasteiger partial charge in [-0.1, -0.05) is 80.6 Å². The number of hydrogen-bond acceptors (Lipinski definition) is 4. The Morgan fingerprint density at radius 2 is 1.29 bits per heavy atom. The molecule has 0 amide bonds. The van der Waals surface area contributed by atoms with Crippen LogP contribution in [0.4, 0.5) is 5.69 Å². The van der Waals surface area contributed by atoms with Crippen molar-refractivity contribution in [1.82, 2.24) is 4.31 Å². The second kappa shape index (κ2) is 10.7. The van der Waals surface area contributed by atoms with Gasteiger partial charge in [0.05, 0.1) is 12.0 Å². The van der Waals surface area contributed by atoms with Gasteiger partial charge in [0.25, 0.3) is 0 Å². The Morgan fingerprint density at radius 3 is 1.79 bits per heavy atom. The fraction of sp³-hybridized carbons (Fsp3) is 0.308. The summed E-state index contributed by atoms with van der Waals surface area (Å²) in [5.41, 5.74) is 4.09. The first-order valence-electron chi connectivity index (χ1n) is 11.2. The molecule has 6 nitrogen and oxygen atoms in total. The van der Waals surface area contributed by atoms with Crippen molar-refractivity contribution in [3.05, 3.63) is 90.0 Å². The van der Waals surface area contributed by atoms with Crippen molar-refractivity contribution in [2.75, 3.05) is 17.5 Å². The van der Waals surface area contributed by atoms with E-state index in [0.29, 0.717) is 12.2 Å². The van der Waals surface area contributed by atoms with E-state index in [1.807, 2.05) is 87.5 Å². The standard InChI is InChI=1S/C26H32N2O4S2/c1-20(2)18-28(34(31,32)19-22-8-6-5-7-9-22)21(3)23-10-12-24(13-11-23)25-14-16-26(17-15-25)27-33(4,29)30/h5-17,20-21,27H,18-19H2,1-4H3. The van der Waals surface area contributed by atoms with Gasteiger partial charge < -0.3 is 0 Å². The van der Waals surface area contributed by atoms with Gasteiger partial charge in [-0.15, -0.1) is 0 Å². The van der Waals surface area contributed by atoms with Crippen molar-refractivity contribution >= 4 is 25.7 Å². The molecule has 0 aliphatic rings. The maximum atomic E-state index is 13.3. The van der Waals surface area contributed by atoms with E-state index in [4.69, 9.17) is 0 Å². The molecule has 0 bridgehead atoms. The molecule has 1 atom stereocenters. The van der Waals surface area contributed by atoms with Crippen LogP contribution in [0.5, 0.6) is 0 Å². The Balaban J connectivity index is 1.81. The summed E-state index contributed by atoms with van der Waals surface area (Å²) in [5, 5.41) is 0. The fourth-order valence-electron chi connectivity index (χ4n) is 3.81. The van der Waals surface area contributed by atoms with Crippen molar-refractivity contribution in [2.45, 2.75) is 32.6 Å². The molecule has 0 aromatic heterocycles. The van der Waals surface area contributed by atoms with E-state index in [1.54, 1.807) is 16.4 Å². The zero-order valence-corrected chi connectivity index (χ0v) is 21.6. The lowest BCUT2D eigenvalue weighted by atomic mass is 10.0. The Kier molecular flexibility index (Phi) is 8.17. The summed E-state index contributed by atoms with van der Waals surface area (Å²) >= 11 is 0. The average Bonchev–Trinajstić information content (AvgIpc) is 2.77. The molecule has 0 saturated heterocycles. The molecule has 0 radical (unpaired) electrons. The Bertz CT molecular complexity index is 1290. The SMILES string of the molecule is CC(C)CN(C(C)c1ccc(-c2ccc(NS(C)(=O)=O)cc2)cc1)S(=O)(=O)Cc1ccccc1. The second-order valence-corrected chi connectivity index (χ2v) is 12.6. The van der Waals surface area contributed by atoms with E-state index in [9.17, 15) is 16.8 Å². The van der Waals surface area contributed by atoms with Gasteiger partial charge in [-0.25, -0.2) is 16.8 Å². The van der Waals surface area contributed by atoms with Crippen LogP contribution < -0.4 is 4.72 Å². The van der Waals surface area contributed by atoms with Crippen molar-refractivity contribution in [3.8, 4) is 11.1 Å². The first-order chi connectivity index (χ1) is 15.9. The Morgan fingerprint density at radius 1 is 0.765 bits per heavy atom. The summed E-state index contributed by atoms with van der Waals surface area (Å²) in [6.45, 7) is 6.39. The lowest BCUT2D eigenvalue weighted by Gasteiger charge is -2.30. The van der Waals surface area contributed by atoms with Crippen LogP contribution in [0.1, 0.15) is 37.9 Å². The zero-order chi connectivity index (χ0) is 24.9. The summed E-state index contributed by atoms with van der Waals surface area (Å²) in [6.07, 6.45) is 1.11. The first kappa shape index (κ1) is 25.9. The Hall–Kier alpha value is -2.68. The number of sulfonamides is 2. The number of nitrogens with zero attached hydrogens (tertiary/aromatic N) is 1. The minimum absolute atomic E-state index is 0.0309. The molecule has 1 N–H and O–H groups in total. The molecule has 0 aliphatic heterocycles. The van der Waals surface area contributed by atoms with Crippen LogP contribution in [-0.4, -0.2) is 33.9 Å². The quantitative estimate of drug-likeness (QED) is 0.411. The highest BCUT2D eigenvalue weighted by Gasteiger charge is 2.29. The minimum Gasteiger partial charge on any atom is -0.284 e. The monoisotopic (exact) mass is 500 g/mol. The minimum atomic E-state index is -3.52. The molecule has 3 aromatic carbocycles. The summed E-state index contributed by atoms with van der Waals surface area (Å²) in [5.74, 6) is 0.156. The van der Waals surface area contributed by atoms with E-state index in [2.05, 4.69) is 4.72 Å². The van der Waals surface area contributed by atoms with Crippen molar-refractivity contribution < 1.29 is 16.8 Å². The molecule has 3 aromatic rings. The molecule has 0 fully saturated rings. The smallest absolute Gasteiger partial charge is 0.229 e. The molecule has 0 spiro atoms. The van der Waals surface area contributed by atoms with Crippen molar-refractivity contribution in [2.24, 2.45) is 5.92 Å². The van der Waals surface area contributed by atoms with Crippen LogP contribution in [0.15, 0.2) is 78.9 Å². The van der Waals surface area contributed by atoms with E-state index < -0.39 is 20.0 Å². The summed E-state index contributed by atoms with van der Waals surface area (Å²) in [7, 11) is -6.85. The predicted octanol–water partition coefficient (Wildman–Crippen LogP) is 5.27. The largest absolute Gasteiger partial charge is 0.284 e. The van der Waals surface area contributed by atoms with Gasteiger partial charge in [-0.2, -0.15) is 4.31 Å². The fourth-order valence-corrected chi connectivity index (χ4v) is 6.28. The molecule has 3 rings (SSSR count). The maximum absolute atomic E-state index is 13.3. The molecule has 8 heteroatoms. The number of rotatable bonds is 10. The van der Waals surface area contributed by atoms with Gasteiger partial charge in [0.15, 0.2) is 0 Å². The van der Waals surface area contributed by atoms with E-state index in [1.165, 1.54) is 0 Å². The van der Waals surface area contributed by atoms with Crippen LogP contribution in [0, 0.1) is 5.92 Å². The topological polar surface area (TPSA) is 83.6 Å². The molecule has 0 heterocycles. The van der Waals surface area contributed by atoms with E-state index in [0.717, 1.165) is 28.5 Å². The summed E-state index contributed by atoms with van der Waals surface area (Å²) in [6, 6.07) is 23.9. The van der Waals surface area contributed by atoms with Crippen LogP contribution in [0.25, 0.3) is 11.1 Å². The Labute approximate surface area is 203 Å². The van der Waals surface area contributed by atoms with Gasteiger partial charge in [-0.05, 0) is 47.2 Å². The number of hydrogen-bond donors (Lipinski definition) is 1. The highest BCUT2D eigenvalue weighted by atomic mass is 32.2. The third-order valence-electron chi connectivity index (χ3n) is 5.44. The highest BCUT2D eigenvalue weighted by molar-refractivity contribution is 7.92. The van der Waals surface area contributed by atoms with Crippen LogP contribution in [0.3, 0.4) is 0 Å². The number of anilines is 1. The summed E-state index contributed by atoms with van der Waals surface area (Å²) in [4.78, 5) is 0. The molecule has 182 valence electrons. The van der Waals surface area contributed by atoms with Crippen LogP contribution in [0.2, 0.25) is 0 Å². The summed E-state index contributed by atoms with van der Waals surface area (Å²) < 4.78 is 53.5. The van der Waals surface area contributed by atoms with Crippen LogP contribution in [-0.2, 0) is 25.8 Å². The normalized spacial score (nSPS) is 13.2. The van der Waals surface area contributed by atoms with Crippen LogP contribution >= 0.6 is 0 Å². The first-order valence-corrected chi connectivity index (χ1v) is 14.7. The number of nitrogens with one attached hydrogen (secondary N) is 1. The van der Waals surface area contributed by atoms with E-state index >= 15 is 0 Å². The molecule has 34 heavy (non-hydrogen) atoms. The second-order valence-electron chi connectivity index (χ2n) is 8.95. The zero-order valence-electron chi connectivity index (χ0n) is 20.0. The average molecular weight is 501 g/mol. The van der Waals surface area contributed by atoms with Gasteiger partial charge in [0.1, 0.15) is 0 Å². The predicted molar refractivity (Wildman–Crippen MR) is 139 cm³/mol. The molecular weight excluding hydrogens is 468 g/mol. The van der Waals surface area contributed by atoms with Gasteiger partial charge in [0, 0.05) is 18.3 Å². The molecule has 0 saturated carbocycles. The van der Waals surface area contributed by atoms with E-state index in [-0.39, 0.29) is 17.7 Å². The third kappa shape index (κ3) is 7.16. The van der Waals surface area contributed by atoms with Crippen molar-refractivity contribution in [3.63, 3.8) is 0 Å². The number of benzene rings is 3. The van der Waals surface area contributed by atoms with Gasteiger partial charge in [-0.3, -0.25) is 4.72 Å². The third-order valence-corrected chi connectivity index (χ3v) is 7.93. The van der Waals surface area contributed by atoms with Gasteiger partial charge >= 0.3 is 0 Å². The lowest BCUT2D eigenvalue weighted by Crippen LogP contribution is -2.37. The van der Waals surface area contributed by atoms with Gasteiger partial charge in [0.2, 0.25) is 20.0 Å². The van der Waals surface area contributed by atoms with Crippen molar-refractivity contribution in [1.29, 1.82) is 0 Å². The highest BCUT2D eigenvalue weighted by Crippen LogP contribution is 2.29. The lowest BCUT2D eigenvalue weighted by molar-refractivity contribution is 0.308. The molecular formula is C26H32N2O4S2.